The minimum atomic E-state index is -4.44. The van der Waals surface area contributed by atoms with Crippen molar-refractivity contribution >= 4 is 34.0 Å². The van der Waals surface area contributed by atoms with Crippen LogP contribution in [0.5, 0.6) is 0 Å². The van der Waals surface area contributed by atoms with Crippen LogP contribution in [0.3, 0.4) is 0 Å². The molecular formula is C19H18F3N7O. The summed E-state index contributed by atoms with van der Waals surface area (Å²) in [4.78, 5) is 16.4. The van der Waals surface area contributed by atoms with Gasteiger partial charge in [-0.3, -0.25) is 9.89 Å². The van der Waals surface area contributed by atoms with Crippen LogP contribution in [0.15, 0.2) is 42.1 Å². The molecule has 0 saturated carbocycles. The average Bonchev–Trinajstić information content (AvgIpc) is 3.32. The molecule has 30 heavy (non-hydrogen) atoms. The number of carbonyl (C=O) groups is 1. The zero-order valence-corrected chi connectivity index (χ0v) is 15.9. The van der Waals surface area contributed by atoms with Crippen LogP contribution in [0, 0.1) is 0 Å². The number of carbonyl (C=O) groups excluding carboxylic acids is 1. The number of hydrogen-bond donors (Lipinski definition) is 3. The van der Waals surface area contributed by atoms with Crippen molar-refractivity contribution in [3.63, 3.8) is 0 Å². The van der Waals surface area contributed by atoms with Crippen LogP contribution >= 0.6 is 0 Å². The summed E-state index contributed by atoms with van der Waals surface area (Å²) in [6.45, 7) is -1.35. The normalized spacial score (nSPS) is 14.4. The first-order valence-corrected chi connectivity index (χ1v) is 9.15. The SMILES string of the molecule is Cn1nc(C2=CC=C(C(=O)NCC(F)(F)F)CC2)nc1Nc1ccc2[nH]ncc2c1. The third-order valence-electron chi connectivity index (χ3n) is 4.64. The summed E-state index contributed by atoms with van der Waals surface area (Å²) in [6, 6.07) is 5.73. The van der Waals surface area contributed by atoms with Gasteiger partial charge in [-0.2, -0.15) is 23.3 Å². The lowest BCUT2D eigenvalue weighted by molar-refractivity contribution is -0.136. The fourth-order valence-corrected chi connectivity index (χ4v) is 3.09. The largest absolute Gasteiger partial charge is 0.405 e. The number of fused-ring (bicyclic) bond motifs is 1. The zero-order valence-electron chi connectivity index (χ0n) is 15.9. The minimum Gasteiger partial charge on any atom is -0.343 e. The van der Waals surface area contributed by atoms with E-state index in [9.17, 15) is 18.0 Å². The molecule has 0 radical (unpaired) electrons. The van der Waals surface area contributed by atoms with Crippen molar-refractivity contribution in [1.29, 1.82) is 0 Å². The maximum atomic E-state index is 12.2. The lowest BCUT2D eigenvalue weighted by atomic mass is 9.97. The van der Waals surface area contributed by atoms with Gasteiger partial charge in [0, 0.05) is 23.7 Å². The van der Waals surface area contributed by atoms with Gasteiger partial charge in [0.25, 0.3) is 0 Å². The molecule has 1 amide bonds. The molecule has 1 aliphatic rings. The maximum Gasteiger partial charge on any atom is 0.405 e. The molecule has 3 N–H and O–H groups in total. The zero-order chi connectivity index (χ0) is 21.3. The van der Waals surface area contributed by atoms with E-state index in [-0.39, 0.29) is 0 Å². The molecular weight excluding hydrogens is 399 g/mol. The van der Waals surface area contributed by atoms with Crippen LogP contribution in [0.2, 0.25) is 0 Å². The van der Waals surface area contributed by atoms with Crippen LogP contribution in [0.25, 0.3) is 16.5 Å². The first-order valence-electron chi connectivity index (χ1n) is 9.15. The van der Waals surface area contributed by atoms with Crippen molar-refractivity contribution < 1.29 is 18.0 Å². The Balaban J connectivity index is 1.47. The number of anilines is 2. The third kappa shape index (κ3) is 4.34. The molecule has 0 saturated heterocycles. The Kier molecular flexibility index (Phi) is 5.02. The van der Waals surface area contributed by atoms with E-state index in [0.717, 1.165) is 22.2 Å². The van der Waals surface area contributed by atoms with E-state index in [1.54, 1.807) is 24.0 Å². The Bertz CT molecular complexity index is 1160. The highest BCUT2D eigenvalue weighted by molar-refractivity contribution is 5.95. The standard InChI is InChI=1S/C19H18F3N7O/c1-29-18(25-14-6-7-15-13(8-14)9-24-27-15)26-16(28-29)11-2-4-12(5-3-11)17(30)23-10-19(20,21)22/h2,4,6-9H,3,5,10H2,1H3,(H,23,30)(H,24,27)(H,25,26,28). The summed E-state index contributed by atoms with van der Waals surface area (Å²) in [5, 5.41) is 17.3. The van der Waals surface area contributed by atoms with Gasteiger partial charge in [0.1, 0.15) is 6.54 Å². The molecule has 0 spiro atoms. The Morgan fingerprint density at radius 2 is 2.10 bits per heavy atom. The Morgan fingerprint density at radius 1 is 1.27 bits per heavy atom. The van der Waals surface area contributed by atoms with Gasteiger partial charge < -0.3 is 10.6 Å². The Labute approximate surface area is 168 Å². The van der Waals surface area contributed by atoms with Crippen LogP contribution in [-0.4, -0.2) is 43.6 Å². The number of amides is 1. The van der Waals surface area contributed by atoms with Crippen LogP contribution in [-0.2, 0) is 11.8 Å². The van der Waals surface area contributed by atoms with Crippen LogP contribution in [0.1, 0.15) is 18.7 Å². The Morgan fingerprint density at radius 3 is 2.83 bits per heavy atom. The second-order valence-electron chi connectivity index (χ2n) is 6.86. The molecule has 0 aliphatic heterocycles. The molecule has 0 fully saturated rings. The molecule has 0 atom stereocenters. The van der Waals surface area contributed by atoms with Gasteiger partial charge in [0.2, 0.25) is 11.9 Å². The highest BCUT2D eigenvalue weighted by Gasteiger charge is 2.28. The van der Waals surface area contributed by atoms with E-state index in [4.69, 9.17) is 0 Å². The van der Waals surface area contributed by atoms with Crippen molar-refractivity contribution in [2.45, 2.75) is 19.0 Å². The molecule has 156 valence electrons. The third-order valence-corrected chi connectivity index (χ3v) is 4.64. The number of benzene rings is 1. The number of nitrogens with one attached hydrogen (secondary N) is 3. The van der Waals surface area contributed by atoms with Crippen LogP contribution < -0.4 is 10.6 Å². The highest BCUT2D eigenvalue weighted by Crippen LogP contribution is 2.27. The number of rotatable bonds is 5. The number of alkyl halides is 3. The lowest BCUT2D eigenvalue weighted by Crippen LogP contribution is -2.34. The van der Waals surface area contributed by atoms with Crippen molar-refractivity contribution in [2.24, 2.45) is 7.05 Å². The number of nitrogens with zero attached hydrogens (tertiary/aromatic N) is 4. The van der Waals surface area contributed by atoms with E-state index in [1.807, 2.05) is 23.5 Å². The van der Waals surface area contributed by atoms with Crippen LogP contribution in [0.4, 0.5) is 24.8 Å². The predicted octanol–water partition coefficient (Wildman–Crippen LogP) is 3.22. The lowest BCUT2D eigenvalue weighted by Gasteiger charge is -2.14. The van der Waals surface area contributed by atoms with E-state index < -0.39 is 18.6 Å². The number of aryl methyl sites for hydroxylation is 1. The highest BCUT2D eigenvalue weighted by atomic mass is 19.4. The quantitative estimate of drug-likeness (QED) is 0.592. The van der Waals surface area contributed by atoms with Gasteiger partial charge in [-0.15, -0.1) is 5.10 Å². The fraction of sp³-hybridized carbons (Fsp3) is 0.263. The van der Waals surface area contributed by atoms with Crippen molar-refractivity contribution in [2.75, 3.05) is 11.9 Å². The monoisotopic (exact) mass is 417 g/mol. The predicted molar refractivity (Wildman–Crippen MR) is 105 cm³/mol. The van der Waals surface area contributed by atoms with Gasteiger partial charge in [-0.25, -0.2) is 4.68 Å². The number of hydrogen-bond acceptors (Lipinski definition) is 5. The summed E-state index contributed by atoms with van der Waals surface area (Å²) >= 11 is 0. The van der Waals surface area contributed by atoms with E-state index in [1.165, 1.54) is 6.08 Å². The Hall–Kier alpha value is -3.63. The molecule has 3 aromatic rings. The number of aromatic amines is 1. The smallest absolute Gasteiger partial charge is 0.343 e. The molecule has 1 aromatic carbocycles. The topological polar surface area (TPSA) is 101 Å². The van der Waals surface area contributed by atoms with Crippen molar-refractivity contribution in [1.82, 2.24) is 30.3 Å². The van der Waals surface area contributed by atoms with Crippen molar-refractivity contribution in [3.8, 4) is 0 Å². The van der Waals surface area contributed by atoms with Gasteiger partial charge in [0.05, 0.1) is 11.7 Å². The minimum absolute atomic E-state index is 0.297. The molecule has 0 bridgehead atoms. The summed E-state index contributed by atoms with van der Waals surface area (Å²) in [5.41, 5.74) is 2.85. The first-order chi connectivity index (χ1) is 14.3. The first kappa shape index (κ1) is 19.7. The van der Waals surface area contributed by atoms with E-state index in [0.29, 0.717) is 30.2 Å². The van der Waals surface area contributed by atoms with E-state index in [2.05, 4.69) is 25.6 Å². The summed E-state index contributed by atoms with van der Waals surface area (Å²) in [6.07, 6.45) is 1.24. The van der Waals surface area contributed by atoms with Gasteiger partial charge in [-0.1, -0.05) is 12.2 Å². The van der Waals surface area contributed by atoms with Crippen molar-refractivity contribution in [3.05, 3.63) is 47.9 Å². The molecule has 2 heterocycles. The summed E-state index contributed by atoms with van der Waals surface area (Å²) in [7, 11) is 1.75. The number of aromatic nitrogens is 5. The number of allylic oxidation sites excluding steroid dienone is 3. The average molecular weight is 417 g/mol. The molecule has 0 unspecified atom stereocenters. The summed E-state index contributed by atoms with van der Waals surface area (Å²) in [5.74, 6) is 0.315. The molecule has 2 aromatic heterocycles. The molecule has 11 heteroatoms. The molecule has 8 nitrogen and oxygen atoms in total. The fourth-order valence-electron chi connectivity index (χ4n) is 3.09. The second-order valence-corrected chi connectivity index (χ2v) is 6.86. The number of H-pyrrole nitrogens is 1. The maximum absolute atomic E-state index is 12.2. The van der Waals surface area contributed by atoms with Gasteiger partial charge >= 0.3 is 6.18 Å². The number of halogens is 3. The summed E-state index contributed by atoms with van der Waals surface area (Å²) < 4.78 is 38.3. The van der Waals surface area contributed by atoms with Gasteiger partial charge in [0.15, 0.2) is 5.82 Å². The van der Waals surface area contributed by atoms with E-state index >= 15 is 0 Å². The molecule has 4 rings (SSSR count). The van der Waals surface area contributed by atoms with Gasteiger partial charge in [-0.05, 0) is 36.6 Å². The second kappa shape index (κ2) is 7.65. The molecule has 1 aliphatic carbocycles.